The van der Waals surface area contributed by atoms with Gasteiger partial charge in [-0.3, -0.25) is 18.7 Å². The average molecular weight is 459 g/mol. The standard InChI is InChI=1S/C22H26N4O5S/c1-13-11-24-20-18(21(28)26(3)22(29)25(20)2)19(13)32-12-17(27)23-9-8-14-6-7-15(30-4)16(10-14)31-5/h6-7,10-11H,8-9,12H2,1-5H3,(H,23,27). The zero-order valence-corrected chi connectivity index (χ0v) is 19.5. The molecule has 0 fully saturated rings. The minimum Gasteiger partial charge on any atom is -0.493 e. The normalized spacial score (nSPS) is 10.9. The molecule has 0 aliphatic heterocycles. The molecule has 170 valence electrons. The Labute approximate surface area is 189 Å². The van der Waals surface area contributed by atoms with E-state index in [4.69, 9.17) is 9.47 Å². The fourth-order valence-electron chi connectivity index (χ4n) is 3.35. The Hall–Kier alpha value is -3.27. The highest BCUT2D eigenvalue weighted by molar-refractivity contribution is 8.00. The van der Waals surface area contributed by atoms with Gasteiger partial charge in [0.2, 0.25) is 5.91 Å². The lowest BCUT2D eigenvalue weighted by Gasteiger charge is -2.12. The number of methoxy groups -OCH3 is 2. The molecule has 2 heterocycles. The van der Waals surface area contributed by atoms with Crippen LogP contribution >= 0.6 is 11.8 Å². The third-order valence-electron chi connectivity index (χ3n) is 5.13. The molecule has 0 radical (unpaired) electrons. The minimum absolute atomic E-state index is 0.137. The summed E-state index contributed by atoms with van der Waals surface area (Å²) >= 11 is 1.26. The van der Waals surface area contributed by atoms with E-state index in [-0.39, 0.29) is 11.7 Å². The molecule has 0 aliphatic rings. The van der Waals surface area contributed by atoms with Crippen molar-refractivity contribution in [2.75, 3.05) is 26.5 Å². The molecule has 32 heavy (non-hydrogen) atoms. The van der Waals surface area contributed by atoms with Crippen molar-refractivity contribution >= 4 is 28.7 Å². The molecule has 2 aromatic heterocycles. The first-order valence-corrected chi connectivity index (χ1v) is 10.9. The summed E-state index contributed by atoms with van der Waals surface area (Å²) in [6.07, 6.45) is 2.25. The highest BCUT2D eigenvalue weighted by Gasteiger charge is 2.17. The van der Waals surface area contributed by atoms with E-state index >= 15 is 0 Å². The maximum absolute atomic E-state index is 12.7. The lowest BCUT2D eigenvalue weighted by Crippen LogP contribution is -2.37. The molecule has 0 bridgehead atoms. The first-order chi connectivity index (χ1) is 15.3. The molecule has 9 nitrogen and oxygen atoms in total. The summed E-state index contributed by atoms with van der Waals surface area (Å²) in [7, 11) is 6.17. The van der Waals surface area contributed by atoms with Gasteiger partial charge in [0, 0.05) is 31.7 Å². The molecule has 0 saturated carbocycles. The number of pyridine rings is 1. The number of thioether (sulfide) groups is 1. The van der Waals surface area contributed by atoms with Gasteiger partial charge in [0.15, 0.2) is 11.5 Å². The third kappa shape index (κ3) is 4.64. The predicted molar refractivity (Wildman–Crippen MR) is 124 cm³/mol. The van der Waals surface area contributed by atoms with E-state index in [0.29, 0.717) is 40.4 Å². The summed E-state index contributed by atoms with van der Waals surface area (Å²) in [4.78, 5) is 42.2. The van der Waals surface area contributed by atoms with E-state index in [9.17, 15) is 14.4 Å². The van der Waals surface area contributed by atoms with Crippen LogP contribution in [-0.2, 0) is 25.3 Å². The Kier molecular flexibility index (Phi) is 7.24. The van der Waals surface area contributed by atoms with Crippen LogP contribution in [0.4, 0.5) is 0 Å². The summed E-state index contributed by atoms with van der Waals surface area (Å²) in [6, 6.07) is 5.64. The molecule has 1 aromatic carbocycles. The van der Waals surface area contributed by atoms with Crippen LogP contribution in [0, 0.1) is 6.92 Å². The van der Waals surface area contributed by atoms with Gasteiger partial charge < -0.3 is 14.8 Å². The van der Waals surface area contributed by atoms with E-state index in [2.05, 4.69) is 10.3 Å². The van der Waals surface area contributed by atoms with Crippen LogP contribution < -0.4 is 26.0 Å². The van der Waals surface area contributed by atoms with Crippen molar-refractivity contribution in [3.8, 4) is 11.5 Å². The highest BCUT2D eigenvalue weighted by Crippen LogP contribution is 2.28. The maximum atomic E-state index is 12.7. The van der Waals surface area contributed by atoms with Crippen molar-refractivity contribution in [1.82, 2.24) is 19.4 Å². The average Bonchev–Trinajstić information content (AvgIpc) is 2.80. The smallest absolute Gasteiger partial charge is 0.332 e. The molecule has 0 unspecified atom stereocenters. The molecule has 0 atom stereocenters. The Balaban J connectivity index is 1.68. The third-order valence-corrected chi connectivity index (χ3v) is 6.35. The van der Waals surface area contributed by atoms with Crippen LogP contribution in [0.15, 0.2) is 38.9 Å². The zero-order valence-electron chi connectivity index (χ0n) is 18.7. The van der Waals surface area contributed by atoms with Gasteiger partial charge in [-0.15, -0.1) is 11.8 Å². The van der Waals surface area contributed by atoms with Gasteiger partial charge in [-0.2, -0.15) is 0 Å². The quantitative estimate of drug-likeness (QED) is 0.509. The number of rotatable bonds is 8. The Morgan fingerprint density at radius 2 is 1.84 bits per heavy atom. The molecule has 1 amide bonds. The molecule has 0 aliphatic carbocycles. The number of hydrogen-bond donors (Lipinski definition) is 1. The van der Waals surface area contributed by atoms with Crippen LogP contribution in [0.5, 0.6) is 11.5 Å². The predicted octanol–water partition coefficient (Wildman–Crippen LogP) is 1.41. The van der Waals surface area contributed by atoms with Gasteiger partial charge in [0.25, 0.3) is 5.56 Å². The summed E-state index contributed by atoms with van der Waals surface area (Å²) in [5.41, 5.74) is 1.23. The van der Waals surface area contributed by atoms with Gasteiger partial charge in [-0.25, -0.2) is 9.78 Å². The van der Waals surface area contributed by atoms with Crippen molar-refractivity contribution in [3.63, 3.8) is 0 Å². The van der Waals surface area contributed by atoms with Crippen LogP contribution in [-0.4, -0.2) is 46.5 Å². The number of aryl methyl sites for hydroxylation is 2. The van der Waals surface area contributed by atoms with Crippen molar-refractivity contribution in [1.29, 1.82) is 0 Å². The van der Waals surface area contributed by atoms with Crippen LogP contribution in [0.3, 0.4) is 0 Å². The van der Waals surface area contributed by atoms with Crippen molar-refractivity contribution < 1.29 is 14.3 Å². The zero-order chi connectivity index (χ0) is 23.4. The van der Waals surface area contributed by atoms with E-state index in [1.807, 2.05) is 25.1 Å². The number of nitrogens with one attached hydrogen (secondary N) is 1. The lowest BCUT2D eigenvalue weighted by atomic mass is 10.1. The number of benzene rings is 1. The number of amides is 1. The van der Waals surface area contributed by atoms with Gasteiger partial charge in [-0.05, 0) is 36.6 Å². The second kappa shape index (κ2) is 9.90. The number of carbonyl (C=O) groups is 1. The lowest BCUT2D eigenvalue weighted by molar-refractivity contribution is -0.118. The number of nitrogens with zero attached hydrogens (tertiary/aromatic N) is 3. The maximum Gasteiger partial charge on any atom is 0.332 e. The number of aromatic nitrogens is 3. The molecular weight excluding hydrogens is 432 g/mol. The number of hydrogen-bond acceptors (Lipinski definition) is 7. The molecule has 0 spiro atoms. The summed E-state index contributed by atoms with van der Waals surface area (Å²) < 4.78 is 12.9. The first kappa shape index (κ1) is 23.4. The number of fused-ring (bicyclic) bond motifs is 1. The molecule has 1 N–H and O–H groups in total. The van der Waals surface area contributed by atoms with Gasteiger partial charge in [0.05, 0.1) is 25.4 Å². The minimum atomic E-state index is -0.442. The van der Waals surface area contributed by atoms with Gasteiger partial charge >= 0.3 is 5.69 Å². The fourth-order valence-corrected chi connectivity index (χ4v) is 4.34. The molecule has 0 saturated heterocycles. The van der Waals surface area contributed by atoms with E-state index in [0.717, 1.165) is 15.7 Å². The van der Waals surface area contributed by atoms with E-state index < -0.39 is 11.2 Å². The van der Waals surface area contributed by atoms with Crippen molar-refractivity contribution in [2.45, 2.75) is 18.2 Å². The first-order valence-electron chi connectivity index (χ1n) is 9.94. The van der Waals surface area contributed by atoms with E-state index in [1.165, 1.54) is 23.4 Å². The second-order valence-corrected chi connectivity index (χ2v) is 8.24. The monoisotopic (exact) mass is 458 g/mol. The highest BCUT2D eigenvalue weighted by atomic mass is 32.2. The second-order valence-electron chi connectivity index (χ2n) is 7.25. The number of carbonyl (C=O) groups excluding carboxylic acids is 1. The number of ether oxygens (including phenoxy) is 2. The summed E-state index contributed by atoms with van der Waals surface area (Å²) in [5.74, 6) is 1.28. The van der Waals surface area contributed by atoms with Gasteiger partial charge in [0.1, 0.15) is 5.65 Å². The largest absolute Gasteiger partial charge is 0.493 e. The molecular formula is C22H26N4O5S. The Morgan fingerprint density at radius 1 is 1.12 bits per heavy atom. The van der Waals surface area contributed by atoms with Crippen LogP contribution in [0.2, 0.25) is 0 Å². The van der Waals surface area contributed by atoms with Crippen molar-refractivity contribution in [3.05, 3.63) is 56.4 Å². The molecule has 3 rings (SSSR count). The summed E-state index contributed by atoms with van der Waals surface area (Å²) in [6.45, 7) is 2.29. The molecule has 10 heteroatoms. The van der Waals surface area contributed by atoms with Gasteiger partial charge in [-0.1, -0.05) is 6.07 Å². The Bertz CT molecular complexity index is 1280. The van der Waals surface area contributed by atoms with E-state index in [1.54, 1.807) is 27.5 Å². The topological polar surface area (TPSA) is 104 Å². The van der Waals surface area contributed by atoms with Crippen LogP contribution in [0.1, 0.15) is 11.1 Å². The fraction of sp³-hybridized carbons (Fsp3) is 0.364. The molecule has 3 aromatic rings. The Morgan fingerprint density at radius 3 is 2.53 bits per heavy atom. The van der Waals surface area contributed by atoms with Crippen molar-refractivity contribution in [2.24, 2.45) is 14.1 Å². The SMILES string of the molecule is COc1ccc(CCNC(=O)CSc2c(C)cnc3c2c(=O)n(C)c(=O)n3C)cc1OC. The van der Waals surface area contributed by atoms with Crippen LogP contribution in [0.25, 0.3) is 11.0 Å². The summed E-state index contributed by atoms with van der Waals surface area (Å²) in [5, 5.41) is 3.24.